The number of benzene rings is 7. The zero-order valence-electron chi connectivity index (χ0n) is 64.5. The molecule has 4 aliphatic carbocycles. The summed E-state index contributed by atoms with van der Waals surface area (Å²) in [6.45, 7) is 24.1. The number of aromatic nitrogens is 8. The molecule has 0 fully saturated rings. The van der Waals surface area contributed by atoms with Gasteiger partial charge in [-0.05, 0) is 131 Å². The Labute approximate surface area is 724 Å². The van der Waals surface area contributed by atoms with E-state index in [2.05, 4.69) is 129 Å². The number of carbonyl (C=O) groups is 6. The number of aliphatic imine (C=N–C) groups is 1. The number of fused-ring (bicyclic) bond motifs is 23. The summed E-state index contributed by atoms with van der Waals surface area (Å²) in [6.07, 6.45) is 10.8. The summed E-state index contributed by atoms with van der Waals surface area (Å²) in [7, 11) is 0. The fraction of sp³-hybridized carbons (Fsp3) is 0.182. The maximum absolute atomic E-state index is 11.8. The fourth-order valence-corrected chi connectivity index (χ4v) is 20.3. The molecule has 0 spiro atoms. The number of hydrogen-bond acceptors (Lipinski definition) is 25. The first-order valence-corrected chi connectivity index (χ1v) is 45.6. The average molecular weight is 1750 g/mol. The topological polar surface area (TPSA) is 312 Å². The van der Waals surface area contributed by atoms with Gasteiger partial charge in [0.05, 0.1) is 10.8 Å². The third-order valence-corrected chi connectivity index (χ3v) is 26.7. The Hall–Kier alpha value is -10.7. The third-order valence-electron chi connectivity index (χ3n) is 17.9. The van der Waals surface area contributed by atoms with Gasteiger partial charge in [0.1, 0.15) is 61.6 Å². The second-order valence-electron chi connectivity index (χ2n) is 25.0. The molecular formula is C88H68Cl2N14O6S8. The number of thioether (sulfide) groups is 8. The van der Waals surface area contributed by atoms with Gasteiger partial charge in [-0.25, -0.2) is 29.9 Å². The van der Waals surface area contributed by atoms with E-state index in [1.807, 2.05) is 94.1 Å². The van der Waals surface area contributed by atoms with Crippen LogP contribution >= 0.6 is 117 Å². The molecule has 30 heteroatoms. The summed E-state index contributed by atoms with van der Waals surface area (Å²) in [5.41, 5.74) is 9.16. The van der Waals surface area contributed by atoms with Crippen LogP contribution in [0.25, 0.3) is 94.6 Å². The van der Waals surface area contributed by atoms with E-state index in [1.54, 1.807) is 103 Å². The lowest BCUT2D eigenvalue weighted by Crippen LogP contribution is -2.20. The van der Waals surface area contributed by atoms with E-state index in [4.69, 9.17) is 75.5 Å². The van der Waals surface area contributed by atoms with Crippen LogP contribution in [0.1, 0.15) is 118 Å². The highest BCUT2D eigenvalue weighted by molar-refractivity contribution is 8.03. The molecule has 7 aromatic carbocycles. The second kappa shape index (κ2) is 40.2. The van der Waals surface area contributed by atoms with Crippen LogP contribution in [0.15, 0.2) is 228 Å². The molecule has 118 heavy (non-hydrogen) atoms. The van der Waals surface area contributed by atoms with Crippen LogP contribution in [0.2, 0.25) is 0 Å². The summed E-state index contributed by atoms with van der Waals surface area (Å²) >= 11 is 26.1. The van der Waals surface area contributed by atoms with Crippen molar-refractivity contribution in [2.24, 2.45) is 10.1 Å². The molecule has 0 saturated heterocycles. The van der Waals surface area contributed by atoms with Crippen LogP contribution < -0.4 is 0 Å². The molecular weight excluding hydrogens is 1680 g/mol. The van der Waals surface area contributed by atoms with Gasteiger partial charge in [0.2, 0.25) is 29.3 Å². The quantitative estimate of drug-likeness (QED) is 0.0298. The van der Waals surface area contributed by atoms with Crippen molar-refractivity contribution >= 4 is 208 Å². The Bertz CT molecular complexity index is 5860. The minimum absolute atomic E-state index is 0.0924. The molecule has 0 amide bonds. The van der Waals surface area contributed by atoms with Gasteiger partial charge < -0.3 is 9.97 Å². The SMILES string of the molecule is CCSc1cc2c(cc1SCC)-c1nc-2nc2[nH]c(nc3nc(nc4[nH]c(n1)c1cc(SCC)c(SCC)cc41)-c1cc(SCC)c(SCC)cc1-3)c1cc(SCC)c(SCC)cc21.N#CC1=C(C#N)C(=O)c2ccccc2C1=O.O=C1C(Cl)=C(Cl)C(=O)c2ccccc21.O=C1C=CC(=O)c2ccccc21.[C-]#[N+]N=C1C=CC(=NC#N)C=C1. The van der Waals surface area contributed by atoms with Crippen molar-refractivity contribution < 1.29 is 28.8 Å². The standard InChI is InChI=1S/C48H50N8S8.C12H4N2O2.C10H4Cl2O2.C10H6O2.C8H4N4/c1-9-57-33-17-25-26(18-34(33)58-10-2)42-49-41(25)53-43-27-19-35(59-11-3)36(60-12-4)20-28(27)45(50-43)55-47-31-23-39(63-15-7)40(64-16-8)24-32(31)48(52-47)56-46-30-22-38(62-14-6)37(61-13-5)21-29(30)44(51-46)54-42;13-5-9-10(6-14)12(16)8-4-2-1-3-7(8)11(9)15;11-7-8(12)10(14)6-4-2-1-3-5(6)9(7)13;11-9-5-6-10(12)8-4-2-1-3-7(8)9;1-10-12-8-4-2-7(3-5-8)11-6-9/h17-24H,9-16H2,1-8H3,(H2,49,50,51,52,53,54,55,56);1-4H;1-4H;1-6H;2-5H. The highest BCUT2D eigenvalue weighted by Gasteiger charge is 2.34. The van der Waals surface area contributed by atoms with Crippen LogP contribution in [0, 0.1) is 40.7 Å². The Kier molecular flexibility index (Phi) is 29.5. The van der Waals surface area contributed by atoms with Crippen LogP contribution in [0.3, 0.4) is 0 Å². The van der Waals surface area contributed by atoms with Crippen molar-refractivity contribution in [2.75, 3.05) is 46.0 Å². The number of ketones is 6. The molecule has 10 aromatic rings. The van der Waals surface area contributed by atoms with Crippen LogP contribution in [0.5, 0.6) is 0 Å². The molecule has 16 rings (SSSR count). The van der Waals surface area contributed by atoms with Crippen LogP contribution in [-0.4, -0.2) is 132 Å². The molecule has 0 radical (unpaired) electrons. The summed E-state index contributed by atoms with van der Waals surface area (Å²) in [6, 6.07) is 41.0. The number of rotatable bonds is 16. The van der Waals surface area contributed by atoms with E-state index in [1.165, 1.54) is 63.4 Å². The van der Waals surface area contributed by atoms with Crippen molar-refractivity contribution in [2.45, 2.75) is 94.6 Å². The number of aromatic amines is 2. The summed E-state index contributed by atoms with van der Waals surface area (Å²) in [4.78, 5) is 125. The first-order chi connectivity index (χ1) is 57.3. The van der Waals surface area contributed by atoms with Gasteiger partial charge in [-0.15, -0.1) is 99.0 Å². The third kappa shape index (κ3) is 18.7. The Morgan fingerprint density at radius 3 is 0.864 bits per heavy atom. The van der Waals surface area contributed by atoms with Crippen LogP contribution in [-0.2, 0) is 0 Å². The minimum atomic E-state index is -0.561. The smallest absolute Gasteiger partial charge is 0.206 e. The van der Waals surface area contributed by atoms with Gasteiger partial charge in [-0.1, -0.05) is 151 Å². The lowest BCUT2D eigenvalue weighted by atomic mass is 9.85. The van der Waals surface area contributed by atoms with Gasteiger partial charge in [0.25, 0.3) is 0 Å². The van der Waals surface area contributed by atoms with Gasteiger partial charge in [0, 0.05) is 116 Å². The lowest BCUT2D eigenvalue weighted by molar-refractivity contribution is 0.0982. The largest absolute Gasteiger partial charge is 0.324 e. The van der Waals surface area contributed by atoms with Gasteiger partial charge in [0.15, 0.2) is 34.9 Å². The minimum Gasteiger partial charge on any atom is -0.324 e. The maximum atomic E-state index is 11.8. The molecule has 0 atom stereocenters. The lowest BCUT2D eigenvalue weighted by Gasteiger charge is -2.12. The zero-order chi connectivity index (χ0) is 83.8. The second-order valence-corrected chi connectivity index (χ2v) is 36.2. The number of allylic oxidation sites excluding steroid dienone is 10. The predicted octanol–water partition coefficient (Wildman–Crippen LogP) is 22.9. The maximum Gasteiger partial charge on any atom is 0.206 e. The van der Waals surface area contributed by atoms with Crippen molar-refractivity contribution in [3.63, 3.8) is 0 Å². The Morgan fingerprint density at radius 1 is 0.356 bits per heavy atom. The van der Waals surface area contributed by atoms with E-state index in [0.717, 1.165) is 89.8 Å². The highest BCUT2D eigenvalue weighted by Crippen LogP contribution is 2.47. The molecule has 6 aliphatic rings. The number of hydrogen-bond donors (Lipinski definition) is 2. The number of nitriles is 3. The van der Waals surface area contributed by atoms with Gasteiger partial charge >= 0.3 is 0 Å². The number of nitrogens with one attached hydrogen (secondary N) is 2. The molecule has 588 valence electrons. The van der Waals surface area contributed by atoms with E-state index in [0.29, 0.717) is 79.6 Å². The van der Waals surface area contributed by atoms with E-state index in [-0.39, 0.29) is 43.9 Å². The van der Waals surface area contributed by atoms with Gasteiger partial charge in [-0.2, -0.15) is 27.4 Å². The average Bonchev–Trinajstić information content (AvgIpc) is 1.65. The van der Waals surface area contributed by atoms with Crippen LogP contribution in [0.4, 0.5) is 0 Å². The number of halogens is 2. The molecule has 0 saturated carbocycles. The van der Waals surface area contributed by atoms with Crippen molar-refractivity contribution in [1.82, 2.24) is 39.9 Å². The number of nitrogens with zero attached hydrogens (tertiary/aromatic N) is 12. The molecule has 3 aromatic heterocycles. The van der Waals surface area contributed by atoms with Crippen molar-refractivity contribution in [1.29, 1.82) is 15.8 Å². The number of carbonyl (C=O) groups excluding carboxylic acids is 6. The molecule has 2 N–H and O–H groups in total. The Morgan fingerprint density at radius 2 is 0.610 bits per heavy atom. The van der Waals surface area contributed by atoms with E-state index >= 15 is 0 Å². The Balaban J connectivity index is 0.000000187. The molecule has 0 unspecified atom stereocenters. The number of H-pyrrole nitrogens is 2. The highest BCUT2D eigenvalue weighted by atomic mass is 35.5. The van der Waals surface area contributed by atoms with E-state index in [9.17, 15) is 28.8 Å². The summed E-state index contributed by atoms with van der Waals surface area (Å²) < 4.78 is 0. The monoisotopic (exact) mass is 1740 g/mol. The number of Topliss-reactive ketones (excluding diaryl/α,β-unsaturated/α-hetero) is 4. The van der Waals surface area contributed by atoms with Gasteiger partial charge in [-0.3, -0.25) is 28.8 Å². The van der Waals surface area contributed by atoms with E-state index < -0.39 is 23.1 Å². The summed E-state index contributed by atoms with van der Waals surface area (Å²) in [5, 5.41) is 32.8. The first kappa shape index (κ1) is 86.6. The first-order valence-electron chi connectivity index (χ1n) is 37.0. The molecule has 2 aliphatic heterocycles. The molecule has 20 nitrogen and oxygen atoms in total. The molecule has 8 bridgehead atoms. The fourth-order valence-electron chi connectivity index (χ4n) is 12.8. The normalized spacial score (nSPS) is 13.2. The zero-order valence-corrected chi connectivity index (χ0v) is 72.5. The van der Waals surface area contributed by atoms with Crippen molar-refractivity contribution in [3.8, 4) is 63.9 Å². The van der Waals surface area contributed by atoms with Crippen molar-refractivity contribution in [3.05, 3.63) is 224 Å². The predicted molar refractivity (Wildman–Crippen MR) is 484 cm³/mol. The summed E-state index contributed by atoms with van der Waals surface area (Å²) in [5.74, 6) is 8.12. The molecule has 5 heterocycles.